The van der Waals surface area contributed by atoms with Crippen molar-refractivity contribution in [1.82, 2.24) is 25.1 Å². The highest BCUT2D eigenvalue weighted by Gasteiger charge is 2.49. The molecule has 1 saturated heterocycles. The Hall–Kier alpha value is -3.72. The summed E-state index contributed by atoms with van der Waals surface area (Å²) in [5, 5.41) is 3.51. The third-order valence-corrected chi connectivity index (χ3v) is 5.95. The van der Waals surface area contributed by atoms with E-state index in [4.69, 9.17) is 11.6 Å². The number of rotatable bonds is 6. The molecule has 4 rings (SSSR count). The van der Waals surface area contributed by atoms with Gasteiger partial charge in [0, 0.05) is 11.6 Å². The summed E-state index contributed by atoms with van der Waals surface area (Å²) >= 11 is 6.00. The lowest BCUT2D eigenvalue weighted by atomic mass is 9.92. The molecule has 0 aliphatic carbocycles. The summed E-state index contributed by atoms with van der Waals surface area (Å²) in [5.41, 5.74) is -0.553. The van der Waals surface area contributed by atoms with Gasteiger partial charge in [0.05, 0.1) is 17.4 Å². The SMILES string of the molecule is CCN(Cc1nc2cc(Cl)ccc2c(=O)[nH]1)C(=O)CN1C(=O)N[C@@](C)(c2ccccc2)C1=O. The Labute approximate surface area is 194 Å². The third kappa shape index (κ3) is 4.19. The standard InChI is InChI=1S/C23H22ClN5O4/c1-3-28(12-18-25-17-11-15(24)9-10-16(17)20(31)26-18)19(30)13-29-21(32)23(2,27-22(29)33)14-7-5-4-6-8-14/h4-11H,3,12-13H2,1-2H3,(H,27,33)(H,25,26,31)/t23-/m0/s1. The van der Waals surface area contributed by atoms with Crippen molar-refractivity contribution in [2.24, 2.45) is 0 Å². The largest absolute Gasteiger partial charge is 0.334 e. The molecule has 1 aromatic heterocycles. The number of aromatic amines is 1. The van der Waals surface area contributed by atoms with Gasteiger partial charge in [-0.2, -0.15) is 0 Å². The first kappa shape index (κ1) is 22.5. The van der Waals surface area contributed by atoms with Gasteiger partial charge in [0.2, 0.25) is 5.91 Å². The molecule has 2 N–H and O–H groups in total. The molecule has 2 heterocycles. The Balaban J connectivity index is 1.53. The molecule has 1 atom stereocenters. The molecule has 3 aromatic rings. The summed E-state index contributed by atoms with van der Waals surface area (Å²) in [4.78, 5) is 60.4. The summed E-state index contributed by atoms with van der Waals surface area (Å²) < 4.78 is 0. The Morgan fingerprint density at radius 1 is 1.15 bits per heavy atom. The fourth-order valence-electron chi connectivity index (χ4n) is 3.84. The minimum absolute atomic E-state index is 0.00658. The molecule has 1 aliphatic heterocycles. The number of H-pyrrole nitrogens is 1. The quantitative estimate of drug-likeness (QED) is 0.540. The molecule has 0 spiro atoms. The number of nitrogens with zero attached hydrogens (tertiary/aromatic N) is 3. The number of urea groups is 1. The molecular weight excluding hydrogens is 446 g/mol. The monoisotopic (exact) mass is 467 g/mol. The van der Waals surface area contributed by atoms with E-state index in [0.717, 1.165) is 4.90 Å². The predicted octanol–water partition coefficient (Wildman–Crippen LogP) is 2.39. The zero-order chi connectivity index (χ0) is 23.8. The van der Waals surface area contributed by atoms with Crippen LogP contribution in [0.3, 0.4) is 0 Å². The smallest absolute Gasteiger partial charge is 0.325 e. The zero-order valence-corrected chi connectivity index (χ0v) is 18.8. The maximum atomic E-state index is 13.1. The normalized spacial score (nSPS) is 18.0. The van der Waals surface area contributed by atoms with Gasteiger partial charge in [0.1, 0.15) is 17.9 Å². The van der Waals surface area contributed by atoms with E-state index in [0.29, 0.717) is 21.5 Å². The molecule has 33 heavy (non-hydrogen) atoms. The summed E-state index contributed by atoms with van der Waals surface area (Å²) in [7, 11) is 0. The van der Waals surface area contributed by atoms with Crippen molar-refractivity contribution in [2.45, 2.75) is 25.9 Å². The second kappa shape index (κ2) is 8.67. The lowest BCUT2D eigenvalue weighted by Gasteiger charge is -2.24. The number of imide groups is 1. The fourth-order valence-corrected chi connectivity index (χ4v) is 4.00. The van der Waals surface area contributed by atoms with Crippen LogP contribution in [-0.2, 0) is 21.7 Å². The van der Waals surface area contributed by atoms with Crippen LogP contribution in [0.4, 0.5) is 4.79 Å². The number of halogens is 1. The highest BCUT2D eigenvalue weighted by Crippen LogP contribution is 2.28. The maximum Gasteiger partial charge on any atom is 0.325 e. The second-order valence-corrected chi connectivity index (χ2v) is 8.33. The molecule has 1 fully saturated rings. The first-order valence-corrected chi connectivity index (χ1v) is 10.8. The summed E-state index contributed by atoms with van der Waals surface area (Å²) in [5.74, 6) is -0.682. The third-order valence-electron chi connectivity index (χ3n) is 5.71. The van der Waals surface area contributed by atoms with Crippen LogP contribution in [0, 0.1) is 0 Å². The van der Waals surface area contributed by atoms with Gasteiger partial charge < -0.3 is 15.2 Å². The van der Waals surface area contributed by atoms with E-state index in [1.807, 2.05) is 6.07 Å². The molecule has 9 nitrogen and oxygen atoms in total. The van der Waals surface area contributed by atoms with Crippen LogP contribution in [0.15, 0.2) is 53.3 Å². The summed E-state index contributed by atoms with van der Waals surface area (Å²) in [6.45, 7) is 3.24. The first-order valence-electron chi connectivity index (χ1n) is 10.4. The van der Waals surface area contributed by atoms with Crippen LogP contribution in [0.25, 0.3) is 10.9 Å². The molecule has 0 radical (unpaired) electrons. The van der Waals surface area contributed by atoms with E-state index in [9.17, 15) is 19.2 Å². The number of hydrogen-bond donors (Lipinski definition) is 2. The van der Waals surface area contributed by atoms with Crippen molar-refractivity contribution in [3.63, 3.8) is 0 Å². The van der Waals surface area contributed by atoms with Gasteiger partial charge in [-0.25, -0.2) is 9.78 Å². The van der Waals surface area contributed by atoms with Crippen LogP contribution < -0.4 is 10.9 Å². The number of aromatic nitrogens is 2. The summed E-state index contributed by atoms with van der Waals surface area (Å²) in [6, 6.07) is 13.0. The number of carbonyl (C=O) groups excluding carboxylic acids is 3. The first-order chi connectivity index (χ1) is 15.7. The van der Waals surface area contributed by atoms with E-state index < -0.39 is 29.9 Å². The van der Waals surface area contributed by atoms with Crippen molar-refractivity contribution >= 4 is 40.3 Å². The van der Waals surface area contributed by atoms with Crippen LogP contribution >= 0.6 is 11.6 Å². The van der Waals surface area contributed by atoms with Gasteiger partial charge in [-0.3, -0.25) is 19.3 Å². The van der Waals surface area contributed by atoms with E-state index in [2.05, 4.69) is 15.3 Å². The number of nitrogens with one attached hydrogen (secondary N) is 2. The number of hydrogen-bond acceptors (Lipinski definition) is 5. The Kier molecular flexibility index (Phi) is 5.90. The van der Waals surface area contributed by atoms with Gasteiger partial charge in [0.25, 0.3) is 11.5 Å². The molecule has 170 valence electrons. The minimum Gasteiger partial charge on any atom is -0.334 e. The topological polar surface area (TPSA) is 115 Å². The van der Waals surface area contributed by atoms with Crippen molar-refractivity contribution in [2.75, 3.05) is 13.1 Å². The van der Waals surface area contributed by atoms with Gasteiger partial charge in [-0.05, 0) is 37.6 Å². The number of benzene rings is 2. The molecule has 0 unspecified atom stereocenters. The highest BCUT2D eigenvalue weighted by atomic mass is 35.5. The number of carbonyl (C=O) groups is 3. The van der Waals surface area contributed by atoms with Crippen molar-refractivity contribution < 1.29 is 14.4 Å². The maximum absolute atomic E-state index is 13.1. The van der Waals surface area contributed by atoms with Gasteiger partial charge in [-0.15, -0.1) is 0 Å². The average Bonchev–Trinajstić information content (AvgIpc) is 3.01. The fraction of sp³-hybridized carbons (Fsp3) is 0.261. The Morgan fingerprint density at radius 2 is 1.88 bits per heavy atom. The van der Waals surface area contributed by atoms with E-state index in [1.54, 1.807) is 56.3 Å². The van der Waals surface area contributed by atoms with Gasteiger partial charge >= 0.3 is 6.03 Å². The van der Waals surface area contributed by atoms with Crippen molar-refractivity contribution in [1.29, 1.82) is 0 Å². The second-order valence-electron chi connectivity index (χ2n) is 7.89. The van der Waals surface area contributed by atoms with Crippen LogP contribution in [0.1, 0.15) is 25.2 Å². The van der Waals surface area contributed by atoms with Crippen molar-refractivity contribution in [3.8, 4) is 0 Å². The molecule has 10 heteroatoms. The van der Waals surface area contributed by atoms with Crippen LogP contribution in [-0.4, -0.2) is 50.7 Å². The molecule has 2 aromatic carbocycles. The van der Waals surface area contributed by atoms with E-state index in [-0.39, 0.29) is 24.5 Å². The highest BCUT2D eigenvalue weighted by molar-refractivity contribution is 6.31. The number of likely N-dealkylation sites (N-methyl/N-ethyl adjacent to an activating group) is 1. The predicted molar refractivity (Wildman–Crippen MR) is 123 cm³/mol. The van der Waals surface area contributed by atoms with Crippen molar-refractivity contribution in [3.05, 3.63) is 75.3 Å². The van der Waals surface area contributed by atoms with Crippen LogP contribution in [0.5, 0.6) is 0 Å². The van der Waals surface area contributed by atoms with Gasteiger partial charge in [0.15, 0.2) is 0 Å². The van der Waals surface area contributed by atoms with E-state index >= 15 is 0 Å². The molecule has 0 saturated carbocycles. The lowest BCUT2D eigenvalue weighted by Crippen LogP contribution is -2.44. The Bertz CT molecular complexity index is 1310. The molecule has 4 amide bonds. The summed E-state index contributed by atoms with van der Waals surface area (Å²) in [6.07, 6.45) is 0. The number of fused-ring (bicyclic) bond motifs is 1. The van der Waals surface area contributed by atoms with Crippen LogP contribution in [0.2, 0.25) is 5.02 Å². The molecular formula is C23H22ClN5O4. The zero-order valence-electron chi connectivity index (χ0n) is 18.1. The minimum atomic E-state index is -1.25. The van der Waals surface area contributed by atoms with Gasteiger partial charge in [-0.1, -0.05) is 41.9 Å². The molecule has 1 aliphatic rings. The number of amides is 4. The van der Waals surface area contributed by atoms with E-state index in [1.165, 1.54) is 4.90 Å². The lowest BCUT2D eigenvalue weighted by molar-refractivity contribution is -0.139. The average molecular weight is 468 g/mol. The Morgan fingerprint density at radius 3 is 2.58 bits per heavy atom. The molecule has 0 bridgehead atoms.